The second-order valence-electron chi connectivity index (χ2n) is 2.97. The first kappa shape index (κ1) is 13.7. The first-order chi connectivity index (χ1) is 5.16. The van der Waals surface area contributed by atoms with Gasteiger partial charge in [0.15, 0.2) is 0 Å². The van der Waals surface area contributed by atoms with E-state index in [1.165, 1.54) is 5.57 Å². The van der Waals surface area contributed by atoms with Gasteiger partial charge in [0.05, 0.1) is 0 Å². The van der Waals surface area contributed by atoms with Gasteiger partial charge in [-0.3, -0.25) is 4.79 Å². The SMILES string of the molecule is CC(C)=CCC/C(C)=C/C=O.O. The molecule has 0 saturated heterocycles. The fourth-order valence-electron chi connectivity index (χ4n) is 0.788. The summed E-state index contributed by atoms with van der Waals surface area (Å²) in [6, 6.07) is 0. The van der Waals surface area contributed by atoms with Crippen LogP contribution in [0.3, 0.4) is 0 Å². The Morgan fingerprint density at radius 3 is 2.25 bits per heavy atom. The van der Waals surface area contributed by atoms with Gasteiger partial charge >= 0.3 is 0 Å². The van der Waals surface area contributed by atoms with Crippen LogP contribution in [0.2, 0.25) is 0 Å². The Labute approximate surface area is 74.3 Å². The molecule has 0 spiro atoms. The molecule has 0 radical (unpaired) electrons. The number of carbonyl (C=O) groups is 1. The van der Waals surface area contributed by atoms with Crippen LogP contribution in [-0.2, 0) is 4.79 Å². The van der Waals surface area contributed by atoms with Crippen LogP contribution in [0.1, 0.15) is 33.6 Å². The zero-order valence-corrected chi connectivity index (χ0v) is 8.05. The second kappa shape index (κ2) is 8.21. The van der Waals surface area contributed by atoms with E-state index in [1.807, 2.05) is 6.92 Å². The van der Waals surface area contributed by atoms with Gasteiger partial charge in [0.25, 0.3) is 0 Å². The molecule has 0 aliphatic heterocycles. The number of aldehydes is 1. The Hall–Kier alpha value is -0.890. The molecule has 0 aliphatic rings. The standard InChI is InChI=1S/C10H16O.H2O/c1-9(2)5-4-6-10(3)7-8-11;/h5,7-8H,4,6H2,1-3H3;1H2/b10-7+;. The number of allylic oxidation sites excluding steroid dienone is 4. The van der Waals surface area contributed by atoms with Gasteiger partial charge in [-0.25, -0.2) is 0 Å². The summed E-state index contributed by atoms with van der Waals surface area (Å²) in [5.74, 6) is 0. The monoisotopic (exact) mass is 170 g/mol. The summed E-state index contributed by atoms with van der Waals surface area (Å²) < 4.78 is 0. The molecule has 0 rings (SSSR count). The number of hydrogen-bond acceptors (Lipinski definition) is 1. The van der Waals surface area contributed by atoms with Crippen molar-refractivity contribution in [2.45, 2.75) is 33.6 Å². The zero-order chi connectivity index (χ0) is 8.69. The molecule has 0 fully saturated rings. The molecular formula is C10H18O2. The van der Waals surface area contributed by atoms with Gasteiger partial charge in [0, 0.05) is 0 Å². The Morgan fingerprint density at radius 1 is 1.25 bits per heavy atom. The van der Waals surface area contributed by atoms with Crippen LogP contribution in [0.15, 0.2) is 23.3 Å². The van der Waals surface area contributed by atoms with Crippen molar-refractivity contribution in [1.82, 2.24) is 0 Å². The molecule has 0 saturated carbocycles. The Bertz CT molecular complexity index is 174. The predicted molar refractivity (Wildman–Crippen MR) is 52.1 cm³/mol. The first-order valence-corrected chi connectivity index (χ1v) is 3.91. The maximum absolute atomic E-state index is 10.0. The van der Waals surface area contributed by atoms with Crippen LogP contribution < -0.4 is 0 Å². The van der Waals surface area contributed by atoms with Crippen LogP contribution in [0, 0.1) is 0 Å². The largest absolute Gasteiger partial charge is 0.412 e. The maximum Gasteiger partial charge on any atom is 0.142 e. The molecule has 0 bridgehead atoms. The van der Waals surface area contributed by atoms with Crippen LogP contribution in [0.25, 0.3) is 0 Å². The van der Waals surface area contributed by atoms with Gasteiger partial charge in [-0.05, 0) is 39.7 Å². The lowest BCUT2D eigenvalue weighted by Gasteiger charge is -1.94. The normalized spacial score (nSPS) is 10.1. The van der Waals surface area contributed by atoms with Crippen molar-refractivity contribution in [1.29, 1.82) is 0 Å². The highest BCUT2D eigenvalue weighted by Gasteiger charge is 1.86. The van der Waals surface area contributed by atoms with Crippen LogP contribution >= 0.6 is 0 Å². The van der Waals surface area contributed by atoms with E-state index in [0.29, 0.717) is 0 Å². The van der Waals surface area contributed by atoms with Crippen molar-refractivity contribution in [2.75, 3.05) is 0 Å². The maximum atomic E-state index is 10.0. The highest BCUT2D eigenvalue weighted by molar-refractivity contribution is 5.65. The van der Waals surface area contributed by atoms with Crippen LogP contribution in [0.5, 0.6) is 0 Å². The van der Waals surface area contributed by atoms with E-state index >= 15 is 0 Å². The highest BCUT2D eigenvalue weighted by atomic mass is 16.1. The molecular weight excluding hydrogens is 152 g/mol. The topological polar surface area (TPSA) is 48.6 Å². The van der Waals surface area contributed by atoms with Crippen molar-refractivity contribution in [3.05, 3.63) is 23.3 Å². The summed E-state index contributed by atoms with van der Waals surface area (Å²) >= 11 is 0. The Kier molecular flexibility index (Phi) is 9.36. The quantitative estimate of drug-likeness (QED) is 0.362. The average Bonchev–Trinajstić information content (AvgIpc) is 1.87. The minimum Gasteiger partial charge on any atom is -0.412 e. The fourth-order valence-corrected chi connectivity index (χ4v) is 0.788. The third-order valence-electron chi connectivity index (χ3n) is 1.44. The number of rotatable bonds is 4. The van der Waals surface area contributed by atoms with E-state index in [4.69, 9.17) is 0 Å². The molecule has 0 aromatic rings. The molecule has 70 valence electrons. The van der Waals surface area contributed by atoms with Crippen molar-refractivity contribution in [3.63, 3.8) is 0 Å². The summed E-state index contributed by atoms with van der Waals surface area (Å²) in [6.45, 7) is 6.14. The molecule has 0 aromatic carbocycles. The zero-order valence-electron chi connectivity index (χ0n) is 8.05. The molecule has 0 aromatic heterocycles. The molecule has 12 heavy (non-hydrogen) atoms. The summed E-state index contributed by atoms with van der Waals surface area (Å²) in [5, 5.41) is 0. The molecule has 0 unspecified atom stereocenters. The van der Waals surface area contributed by atoms with Gasteiger partial charge < -0.3 is 5.48 Å². The van der Waals surface area contributed by atoms with Gasteiger partial charge in [-0.15, -0.1) is 0 Å². The number of carbonyl (C=O) groups excluding carboxylic acids is 1. The predicted octanol–water partition coefficient (Wildman–Crippen LogP) is 2.05. The van der Waals surface area contributed by atoms with Gasteiger partial charge in [0.2, 0.25) is 0 Å². The Balaban J connectivity index is 0. The van der Waals surface area contributed by atoms with Gasteiger partial charge in [0.1, 0.15) is 6.29 Å². The van der Waals surface area contributed by atoms with E-state index in [0.717, 1.165) is 24.7 Å². The third kappa shape index (κ3) is 9.11. The summed E-state index contributed by atoms with van der Waals surface area (Å²) in [5.41, 5.74) is 2.49. The number of hydrogen-bond donors (Lipinski definition) is 0. The van der Waals surface area contributed by atoms with E-state index in [9.17, 15) is 4.79 Å². The molecule has 0 amide bonds. The van der Waals surface area contributed by atoms with E-state index in [2.05, 4.69) is 19.9 Å². The molecule has 2 N–H and O–H groups in total. The Morgan fingerprint density at radius 2 is 1.83 bits per heavy atom. The van der Waals surface area contributed by atoms with Crippen molar-refractivity contribution in [3.8, 4) is 0 Å². The second-order valence-corrected chi connectivity index (χ2v) is 2.97. The van der Waals surface area contributed by atoms with Crippen molar-refractivity contribution in [2.24, 2.45) is 0 Å². The highest BCUT2D eigenvalue weighted by Crippen LogP contribution is 2.05. The summed E-state index contributed by atoms with van der Waals surface area (Å²) in [6.07, 6.45) is 6.68. The summed E-state index contributed by atoms with van der Waals surface area (Å²) in [4.78, 5) is 10.0. The minimum absolute atomic E-state index is 0. The van der Waals surface area contributed by atoms with Crippen LogP contribution in [0.4, 0.5) is 0 Å². The van der Waals surface area contributed by atoms with Gasteiger partial charge in [-0.1, -0.05) is 17.2 Å². The molecule has 0 aliphatic carbocycles. The molecule has 2 heteroatoms. The third-order valence-corrected chi connectivity index (χ3v) is 1.44. The van der Waals surface area contributed by atoms with E-state index in [-0.39, 0.29) is 5.48 Å². The first-order valence-electron chi connectivity index (χ1n) is 3.91. The lowest BCUT2D eigenvalue weighted by molar-refractivity contribution is -0.104. The fraction of sp³-hybridized carbons (Fsp3) is 0.500. The smallest absolute Gasteiger partial charge is 0.142 e. The summed E-state index contributed by atoms with van der Waals surface area (Å²) in [7, 11) is 0. The molecule has 2 nitrogen and oxygen atoms in total. The van der Waals surface area contributed by atoms with E-state index < -0.39 is 0 Å². The average molecular weight is 170 g/mol. The minimum atomic E-state index is 0. The van der Waals surface area contributed by atoms with Crippen molar-refractivity contribution >= 4 is 6.29 Å². The lowest BCUT2D eigenvalue weighted by atomic mass is 10.1. The van der Waals surface area contributed by atoms with Crippen LogP contribution in [-0.4, -0.2) is 11.8 Å². The molecule has 0 heterocycles. The molecule has 0 atom stereocenters. The van der Waals surface area contributed by atoms with Gasteiger partial charge in [-0.2, -0.15) is 0 Å². The lowest BCUT2D eigenvalue weighted by Crippen LogP contribution is -1.77. The van der Waals surface area contributed by atoms with E-state index in [1.54, 1.807) is 6.08 Å². The van der Waals surface area contributed by atoms with Crippen molar-refractivity contribution < 1.29 is 10.3 Å².